The quantitative estimate of drug-likeness (QED) is 0.476. The zero-order valence-corrected chi connectivity index (χ0v) is 15.5. The van der Waals surface area contributed by atoms with Crippen LogP contribution in [0.5, 0.6) is 5.75 Å². The highest BCUT2D eigenvalue weighted by Gasteiger charge is 2.17. The molecule has 0 bridgehead atoms. The Morgan fingerprint density at radius 1 is 0.963 bits per heavy atom. The lowest BCUT2D eigenvalue weighted by molar-refractivity contribution is -0.147. The minimum absolute atomic E-state index is 0.132. The maximum Gasteiger partial charge on any atom is 0.329 e. The van der Waals surface area contributed by atoms with Crippen LogP contribution in [0.1, 0.15) is 18.4 Å². The number of ether oxygens (including phenoxy) is 4. The Morgan fingerprint density at radius 3 is 2.37 bits per heavy atom. The van der Waals surface area contributed by atoms with E-state index in [-0.39, 0.29) is 39.0 Å². The summed E-state index contributed by atoms with van der Waals surface area (Å²) in [6, 6.07) is 11.6. The van der Waals surface area contributed by atoms with Crippen LogP contribution in [-0.4, -0.2) is 57.2 Å². The van der Waals surface area contributed by atoms with Gasteiger partial charge in [-0.3, -0.25) is 4.79 Å². The van der Waals surface area contributed by atoms with Crippen LogP contribution >= 0.6 is 0 Å². The van der Waals surface area contributed by atoms with Crippen molar-refractivity contribution in [1.82, 2.24) is 0 Å². The number of carbonyl (C=O) groups excluding carboxylic acids is 1. The first-order chi connectivity index (χ1) is 13.0. The molecule has 1 atom stereocenters. The molecule has 0 amide bonds. The average molecular weight is 376 g/mol. The van der Waals surface area contributed by atoms with E-state index >= 15 is 0 Å². The molecule has 146 valence electrons. The maximum atomic E-state index is 12.2. The minimum Gasteiger partial charge on any atom is -0.497 e. The largest absolute Gasteiger partial charge is 0.497 e. The molecule has 7 heteroatoms. The molecule has 0 aliphatic rings. The van der Waals surface area contributed by atoms with Gasteiger partial charge in [0.05, 0.1) is 32.8 Å². The molecule has 0 saturated heterocycles. The summed E-state index contributed by atoms with van der Waals surface area (Å²) in [5, 5.41) is 10.5. The van der Waals surface area contributed by atoms with E-state index in [0.717, 1.165) is 22.1 Å². The lowest BCUT2D eigenvalue weighted by Crippen LogP contribution is -2.17. The van der Waals surface area contributed by atoms with Crippen molar-refractivity contribution in [2.75, 3.05) is 40.1 Å². The van der Waals surface area contributed by atoms with Gasteiger partial charge in [0.25, 0.3) is 0 Å². The van der Waals surface area contributed by atoms with Crippen molar-refractivity contribution >= 4 is 22.7 Å². The van der Waals surface area contributed by atoms with E-state index in [1.54, 1.807) is 14.0 Å². The second-order valence-electron chi connectivity index (χ2n) is 5.92. The van der Waals surface area contributed by atoms with Crippen LogP contribution in [0.2, 0.25) is 0 Å². The molecule has 0 aliphatic heterocycles. The lowest BCUT2D eigenvalue weighted by atomic mass is 9.98. The fraction of sp³-hybridized carbons (Fsp3) is 0.400. The summed E-state index contributed by atoms with van der Waals surface area (Å²) in [6.45, 7) is 2.23. The highest BCUT2D eigenvalue weighted by atomic mass is 16.6. The lowest BCUT2D eigenvalue weighted by Gasteiger charge is -2.13. The van der Waals surface area contributed by atoms with Crippen molar-refractivity contribution in [3.8, 4) is 5.75 Å². The molecule has 1 N–H and O–H groups in total. The highest BCUT2D eigenvalue weighted by molar-refractivity contribution is 5.86. The third-order valence-corrected chi connectivity index (χ3v) is 3.99. The third-order valence-electron chi connectivity index (χ3n) is 3.99. The van der Waals surface area contributed by atoms with Crippen molar-refractivity contribution in [1.29, 1.82) is 0 Å². The monoisotopic (exact) mass is 376 g/mol. The molecule has 2 aromatic rings. The molecule has 1 unspecified atom stereocenters. The number of esters is 1. The molecule has 0 spiro atoms. The topological polar surface area (TPSA) is 91.3 Å². The maximum absolute atomic E-state index is 12.2. The number of carboxylic acid groups (broad SMARTS) is 1. The Kier molecular flexibility index (Phi) is 8.03. The van der Waals surface area contributed by atoms with Crippen molar-refractivity contribution in [2.24, 2.45) is 0 Å². The molecule has 0 saturated carbocycles. The number of carbonyl (C=O) groups is 2. The number of aliphatic carboxylic acids is 1. The minimum atomic E-state index is -1.02. The Balaban J connectivity index is 1.76. The SMILES string of the molecule is COc1ccc2cc(C(C)C(=O)OCCOCCOCC(=O)O)ccc2c1. The summed E-state index contributed by atoms with van der Waals surface area (Å²) in [7, 11) is 1.63. The molecule has 0 aliphatic carbocycles. The number of fused-ring (bicyclic) bond motifs is 1. The van der Waals surface area contributed by atoms with Gasteiger partial charge in [-0.1, -0.05) is 24.3 Å². The molecule has 0 heterocycles. The van der Waals surface area contributed by atoms with E-state index in [9.17, 15) is 9.59 Å². The van der Waals surface area contributed by atoms with Crippen molar-refractivity contribution in [2.45, 2.75) is 12.8 Å². The summed E-state index contributed by atoms with van der Waals surface area (Å²) in [6.07, 6.45) is 0. The number of methoxy groups -OCH3 is 1. The zero-order valence-electron chi connectivity index (χ0n) is 15.5. The van der Waals surface area contributed by atoms with E-state index in [1.165, 1.54) is 0 Å². The average Bonchev–Trinajstić information content (AvgIpc) is 2.68. The molecule has 0 radical (unpaired) electrons. The fourth-order valence-electron chi connectivity index (χ4n) is 2.48. The van der Waals surface area contributed by atoms with Crippen LogP contribution in [-0.2, 0) is 23.8 Å². The van der Waals surface area contributed by atoms with E-state index in [4.69, 9.17) is 24.1 Å². The van der Waals surface area contributed by atoms with Crippen LogP contribution < -0.4 is 4.74 Å². The van der Waals surface area contributed by atoms with Crippen LogP contribution in [0.3, 0.4) is 0 Å². The number of rotatable bonds is 11. The van der Waals surface area contributed by atoms with Gasteiger partial charge in [0, 0.05) is 0 Å². The Morgan fingerprint density at radius 2 is 1.63 bits per heavy atom. The Hall–Kier alpha value is -2.64. The normalized spacial score (nSPS) is 11.9. The molecule has 2 aromatic carbocycles. The second-order valence-corrected chi connectivity index (χ2v) is 5.92. The van der Waals surface area contributed by atoms with Gasteiger partial charge in [-0.15, -0.1) is 0 Å². The van der Waals surface area contributed by atoms with E-state index < -0.39 is 11.9 Å². The van der Waals surface area contributed by atoms with E-state index in [0.29, 0.717) is 0 Å². The van der Waals surface area contributed by atoms with Crippen molar-refractivity contribution in [3.63, 3.8) is 0 Å². The fourth-order valence-corrected chi connectivity index (χ4v) is 2.48. The smallest absolute Gasteiger partial charge is 0.329 e. The molecular weight excluding hydrogens is 352 g/mol. The van der Waals surface area contributed by atoms with Gasteiger partial charge in [-0.25, -0.2) is 4.79 Å². The number of hydrogen-bond donors (Lipinski definition) is 1. The second kappa shape index (κ2) is 10.5. The summed E-state index contributed by atoms with van der Waals surface area (Å²) in [5.41, 5.74) is 0.876. The van der Waals surface area contributed by atoms with Gasteiger partial charge in [0.1, 0.15) is 19.0 Å². The summed E-state index contributed by atoms with van der Waals surface area (Å²) in [5.74, 6) is -0.953. The molecular formula is C20H24O7. The highest BCUT2D eigenvalue weighted by Crippen LogP contribution is 2.25. The Labute approximate surface area is 157 Å². The number of benzene rings is 2. The van der Waals surface area contributed by atoms with Gasteiger partial charge in [0.15, 0.2) is 0 Å². The molecule has 27 heavy (non-hydrogen) atoms. The number of hydrogen-bond acceptors (Lipinski definition) is 6. The van der Waals surface area contributed by atoms with Gasteiger partial charge >= 0.3 is 11.9 Å². The van der Waals surface area contributed by atoms with Gasteiger partial charge in [-0.2, -0.15) is 0 Å². The predicted octanol–water partition coefficient (Wildman–Crippen LogP) is 2.61. The van der Waals surface area contributed by atoms with Crippen LogP contribution in [0.4, 0.5) is 0 Å². The zero-order chi connectivity index (χ0) is 19.6. The molecule has 0 fully saturated rings. The molecule has 7 nitrogen and oxygen atoms in total. The predicted molar refractivity (Wildman–Crippen MR) is 99.1 cm³/mol. The summed E-state index contributed by atoms with van der Waals surface area (Å²) >= 11 is 0. The Bertz CT molecular complexity index is 772. The first-order valence-corrected chi connectivity index (χ1v) is 8.63. The molecule has 2 rings (SSSR count). The van der Waals surface area contributed by atoms with Crippen LogP contribution in [0.15, 0.2) is 36.4 Å². The van der Waals surface area contributed by atoms with E-state index in [2.05, 4.69) is 0 Å². The van der Waals surface area contributed by atoms with Crippen molar-refractivity contribution in [3.05, 3.63) is 42.0 Å². The molecule has 0 aromatic heterocycles. The number of carboxylic acids is 1. The standard InChI is InChI=1S/C20H24O7/c1-14(20(23)27-10-9-25-7-8-26-13-19(21)22)15-3-4-17-12-18(24-2)6-5-16(17)11-15/h3-6,11-12,14H,7-10,13H2,1-2H3,(H,21,22). The van der Waals surface area contributed by atoms with Crippen LogP contribution in [0.25, 0.3) is 10.8 Å². The summed E-state index contributed by atoms with van der Waals surface area (Å²) < 4.78 is 20.5. The van der Waals surface area contributed by atoms with Gasteiger partial charge in [0.2, 0.25) is 0 Å². The van der Waals surface area contributed by atoms with Crippen LogP contribution in [0, 0.1) is 0 Å². The first kappa shape index (κ1) is 20.7. The van der Waals surface area contributed by atoms with Gasteiger partial charge < -0.3 is 24.1 Å². The summed E-state index contributed by atoms with van der Waals surface area (Å²) in [4.78, 5) is 22.5. The first-order valence-electron chi connectivity index (χ1n) is 8.63. The third kappa shape index (κ3) is 6.54. The van der Waals surface area contributed by atoms with Gasteiger partial charge in [-0.05, 0) is 35.4 Å². The van der Waals surface area contributed by atoms with Crippen molar-refractivity contribution < 1.29 is 33.6 Å². The van der Waals surface area contributed by atoms with E-state index in [1.807, 2.05) is 36.4 Å².